The molecule has 0 bridgehead atoms. The highest BCUT2D eigenvalue weighted by atomic mass is 35.5. The summed E-state index contributed by atoms with van der Waals surface area (Å²) in [5.74, 6) is 0.851. The second kappa shape index (κ2) is 16.2. The molecule has 2 aromatic rings. The van der Waals surface area contributed by atoms with Crippen LogP contribution in [0.1, 0.15) is 58.1 Å². The van der Waals surface area contributed by atoms with Gasteiger partial charge in [0.2, 0.25) is 5.28 Å². The Balaban J connectivity index is 0.000000663. The van der Waals surface area contributed by atoms with Gasteiger partial charge in [0.05, 0.1) is 27.2 Å². The number of benzene rings is 1. The molecular weight excluding hydrogens is 551 g/mol. The maximum atomic E-state index is 8.60. The van der Waals surface area contributed by atoms with Crippen LogP contribution >= 0.6 is 19.7 Å². The molecule has 2 aliphatic heterocycles. The summed E-state index contributed by atoms with van der Waals surface area (Å²) in [6.07, 6.45) is 5.83. The number of aromatic nitrogens is 2. The first-order valence-electron chi connectivity index (χ1n) is 14.1. The van der Waals surface area contributed by atoms with E-state index in [0.29, 0.717) is 13.0 Å². The van der Waals surface area contributed by atoms with Gasteiger partial charge in [-0.3, -0.25) is 0 Å². The lowest BCUT2D eigenvalue weighted by Gasteiger charge is -2.27. The van der Waals surface area contributed by atoms with E-state index in [-0.39, 0.29) is 17.6 Å². The number of anilines is 2. The molecule has 11 heteroatoms. The molecule has 3 atom stereocenters. The molecule has 2 aliphatic rings. The topological polar surface area (TPSA) is 89.4 Å². The van der Waals surface area contributed by atoms with Crippen molar-refractivity contribution in [3.8, 4) is 0 Å². The number of fused-ring (bicyclic) bond motifs is 1. The molecule has 1 aromatic heterocycles. The molecule has 1 N–H and O–H groups in total. The Hall–Kier alpha value is -1.58. The van der Waals surface area contributed by atoms with Crippen molar-refractivity contribution >= 4 is 31.4 Å². The SMILES string of the molecule is CCCP(COCC1CCC(N2CCc3c(N(C)Cc4ccccc4)nc(Cl)nc32)O1)OCC.COC(C)(C)O. The highest BCUT2D eigenvalue weighted by Crippen LogP contribution is 2.39. The Morgan fingerprint density at radius 2 is 1.93 bits per heavy atom. The van der Waals surface area contributed by atoms with Crippen LogP contribution in [0.15, 0.2) is 30.3 Å². The zero-order chi connectivity index (χ0) is 29.1. The molecule has 4 rings (SSSR count). The number of methoxy groups -OCH3 is 1. The zero-order valence-electron chi connectivity index (χ0n) is 24.8. The van der Waals surface area contributed by atoms with E-state index in [4.69, 9.17) is 30.7 Å². The van der Waals surface area contributed by atoms with E-state index in [1.807, 2.05) is 13.0 Å². The predicted molar refractivity (Wildman–Crippen MR) is 162 cm³/mol. The van der Waals surface area contributed by atoms with E-state index in [1.165, 1.54) is 12.7 Å². The molecule has 3 unspecified atom stereocenters. The number of halogens is 1. The van der Waals surface area contributed by atoms with Crippen molar-refractivity contribution in [1.82, 2.24) is 9.97 Å². The molecule has 3 heterocycles. The molecule has 9 nitrogen and oxygen atoms in total. The molecule has 0 amide bonds. The Kier molecular flexibility index (Phi) is 13.3. The molecule has 224 valence electrons. The molecule has 0 spiro atoms. The molecule has 0 saturated carbocycles. The quantitative estimate of drug-likeness (QED) is 0.175. The van der Waals surface area contributed by atoms with Gasteiger partial charge in [0.1, 0.15) is 17.9 Å². The van der Waals surface area contributed by atoms with Crippen molar-refractivity contribution < 1.29 is 23.8 Å². The van der Waals surface area contributed by atoms with E-state index in [0.717, 1.165) is 68.7 Å². The predicted octanol–water partition coefficient (Wildman–Crippen LogP) is 5.81. The van der Waals surface area contributed by atoms with E-state index in [1.54, 1.807) is 13.8 Å². The van der Waals surface area contributed by atoms with Crippen molar-refractivity contribution in [3.05, 3.63) is 46.7 Å². The van der Waals surface area contributed by atoms with Gasteiger partial charge in [0.15, 0.2) is 5.79 Å². The number of aliphatic hydroxyl groups is 1. The van der Waals surface area contributed by atoms with Gasteiger partial charge in [0, 0.05) is 39.4 Å². The molecule has 0 radical (unpaired) electrons. The fourth-order valence-corrected chi connectivity index (χ4v) is 6.35. The third-order valence-electron chi connectivity index (χ3n) is 6.69. The van der Waals surface area contributed by atoms with Crippen LogP contribution in [0.4, 0.5) is 11.6 Å². The smallest absolute Gasteiger partial charge is 0.226 e. The summed E-state index contributed by atoms with van der Waals surface area (Å²) >= 11 is 6.38. The van der Waals surface area contributed by atoms with Gasteiger partial charge in [-0.1, -0.05) is 37.3 Å². The zero-order valence-corrected chi connectivity index (χ0v) is 26.5. The summed E-state index contributed by atoms with van der Waals surface area (Å²) in [5, 5.41) is 8.88. The van der Waals surface area contributed by atoms with Crippen LogP contribution in [0, 0.1) is 0 Å². The summed E-state index contributed by atoms with van der Waals surface area (Å²) < 4.78 is 22.7. The van der Waals surface area contributed by atoms with Gasteiger partial charge < -0.3 is 33.6 Å². The monoisotopic (exact) mass is 596 g/mol. The fraction of sp³-hybridized carbons (Fsp3) is 0.655. The maximum absolute atomic E-state index is 8.60. The standard InChI is InChI=1S/C25H36ClN4O3P.C4H10O2/c1-4-15-34(32-5-2)18-31-17-20-11-12-22(33-20)30-14-13-21-23(27-25(26)28-24(21)30)29(3)16-19-9-7-6-8-10-19;1-4(2,5)6-3/h6-10,20,22H,4-5,11-18H2,1-3H3;5H,1-3H3. The Bertz CT molecular complexity index is 1020. The first-order chi connectivity index (χ1) is 19.1. The number of rotatable bonds is 13. The lowest BCUT2D eigenvalue weighted by Crippen LogP contribution is -2.35. The maximum Gasteiger partial charge on any atom is 0.226 e. The lowest BCUT2D eigenvalue weighted by molar-refractivity contribution is -0.155. The minimum atomic E-state index is -0.958. The van der Waals surface area contributed by atoms with Gasteiger partial charge >= 0.3 is 0 Å². The number of ether oxygens (including phenoxy) is 3. The molecular formula is C29H46ClN4O5P. The summed E-state index contributed by atoms with van der Waals surface area (Å²) in [6, 6.07) is 10.4. The Morgan fingerprint density at radius 1 is 1.20 bits per heavy atom. The van der Waals surface area contributed by atoms with Crippen LogP contribution in [0.5, 0.6) is 0 Å². The molecule has 0 aliphatic carbocycles. The number of nitrogens with zero attached hydrogens (tertiary/aromatic N) is 4. The fourth-order valence-electron chi connectivity index (χ4n) is 4.69. The molecule has 1 aromatic carbocycles. The second-order valence-electron chi connectivity index (χ2n) is 10.5. The van der Waals surface area contributed by atoms with Crippen LogP contribution in [0.3, 0.4) is 0 Å². The van der Waals surface area contributed by atoms with E-state index < -0.39 is 13.9 Å². The van der Waals surface area contributed by atoms with E-state index in [2.05, 4.69) is 62.7 Å². The largest absolute Gasteiger partial charge is 0.372 e. The Labute approximate surface area is 246 Å². The van der Waals surface area contributed by atoms with Crippen LogP contribution in [-0.4, -0.2) is 79.6 Å². The summed E-state index contributed by atoms with van der Waals surface area (Å²) in [6.45, 7) is 10.4. The van der Waals surface area contributed by atoms with Gasteiger partial charge in [-0.15, -0.1) is 0 Å². The summed E-state index contributed by atoms with van der Waals surface area (Å²) in [5.41, 5.74) is 2.38. The minimum Gasteiger partial charge on any atom is -0.372 e. The van der Waals surface area contributed by atoms with Crippen molar-refractivity contribution in [2.24, 2.45) is 0 Å². The highest BCUT2D eigenvalue weighted by Gasteiger charge is 2.36. The third kappa shape index (κ3) is 10.1. The molecule has 40 heavy (non-hydrogen) atoms. The van der Waals surface area contributed by atoms with Crippen LogP contribution < -0.4 is 9.80 Å². The van der Waals surface area contributed by atoms with Gasteiger partial charge in [0.25, 0.3) is 0 Å². The lowest BCUT2D eigenvalue weighted by atomic mass is 10.2. The van der Waals surface area contributed by atoms with Crippen molar-refractivity contribution in [2.75, 3.05) is 56.2 Å². The number of hydrogen-bond acceptors (Lipinski definition) is 9. The summed E-state index contributed by atoms with van der Waals surface area (Å²) in [4.78, 5) is 13.6. The van der Waals surface area contributed by atoms with Crippen LogP contribution in [-0.2, 0) is 31.7 Å². The van der Waals surface area contributed by atoms with Crippen molar-refractivity contribution in [2.45, 2.75) is 78.0 Å². The van der Waals surface area contributed by atoms with Gasteiger partial charge in [-0.2, -0.15) is 0 Å². The first-order valence-corrected chi connectivity index (χ1v) is 16.1. The van der Waals surface area contributed by atoms with E-state index in [9.17, 15) is 0 Å². The normalized spacial score (nSPS) is 19.2. The van der Waals surface area contributed by atoms with Crippen LogP contribution in [0.25, 0.3) is 0 Å². The van der Waals surface area contributed by atoms with E-state index >= 15 is 0 Å². The van der Waals surface area contributed by atoms with Gasteiger partial charge in [-0.05, 0) is 69.8 Å². The highest BCUT2D eigenvalue weighted by molar-refractivity contribution is 7.52. The molecule has 1 saturated heterocycles. The van der Waals surface area contributed by atoms with Crippen LogP contribution in [0.2, 0.25) is 5.28 Å². The third-order valence-corrected chi connectivity index (χ3v) is 8.90. The minimum absolute atomic E-state index is 0.00265. The van der Waals surface area contributed by atoms with Crippen molar-refractivity contribution in [3.63, 3.8) is 0 Å². The second-order valence-corrected chi connectivity index (χ2v) is 12.7. The van der Waals surface area contributed by atoms with Crippen molar-refractivity contribution in [1.29, 1.82) is 0 Å². The Morgan fingerprint density at radius 3 is 2.58 bits per heavy atom. The molecule has 1 fully saturated rings. The average molecular weight is 597 g/mol. The van der Waals surface area contributed by atoms with Gasteiger partial charge in [-0.25, -0.2) is 9.97 Å². The first kappa shape index (κ1) is 32.9. The number of hydrogen-bond donors (Lipinski definition) is 1. The summed E-state index contributed by atoms with van der Waals surface area (Å²) in [7, 11) is 3.03. The average Bonchev–Trinajstić information content (AvgIpc) is 3.56.